The SMILES string of the molecule is CCCCOOc1ccc(-c2ccc3c(c2COc2cc(F)ccc2C)C(C)=CC(C)(C)N3)c(OC)c1. The fourth-order valence-corrected chi connectivity index (χ4v) is 4.74. The molecule has 5 nitrogen and oxygen atoms in total. The highest BCUT2D eigenvalue weighted by Crippen LogP contribution is 2.43. The highest BCUT2D eigenvalue weighted by molar-refractivity contribution is 5.88. The largest absolute Gasteiger partial charge is 0.496 e. The van der Waals surface area contributed by atoms with Crippen LogP contribution in [0, 0.1) is 12.7 Å². The monoisotopic (exact) mass is 505 g/mol. The molecular weight excluding hydrogens is 469 g/mol. The summed E-state index contributed by atoms with van der Waals surface area (Å²) in [6.45, 7) is 11.2. The van der Waals surface area contributed by atoms with Gasteiger partial charge in [-0.2, -0.15) is 4.89 Å². The van der Waals surface area contributed by atoms with Crippen LogP contribution >= 0.6 is 0 Å². The number of unbranched alkanes of at least 4 members (excludes halogenated alkanes) is 1. The second kappa shape index (κ2) is 11.3. The average Bonchev–Trinajstić information content (AvgIpc) is 2.86. The zero-order valence-corrected chi connectivity index (χ0v) is 22.5. The lowest BCUT2D eigenvalue weighted by Gasteiger charge is -2.33. The molecule has 1 aliphatic heterocycles. The third kappa shape index (κ3) is 6.08. The molecule has 0 spiro atoms. The number of hydrogen-bond acceptors (Lipinski definition) is 5. The number of fused-ring (bicyclic) bond motifs is 1. The number of rotatable bonds is 10. The van der Waals surface area contributed by atoms with Crippen LogP contribution in [0.5, 0.6) is 17.2 Å². The second-order valence-corrected chi connectivity index (χ2v) is 10.0. The van der Waals surface area contributed by atoms with Crippen LogP contribution in [0.15, 0.2) is 54.6 Å². The van der Waals surface area contributed by atoms with Crippen molar-refractivity contribution in [1.82, 2.24) is 0 Å². The summed E-state index contributed by atoms with van der Waals surface area (Å²) in [6.07, 6.45) is 4.18. The third-order valence-corrected chi connectivity index (χ3v) is 6.46. The maximum atomic E-state index is 14.0. The van der Waals surface area contributed by atoms with E-state index >= 15 is 0 Å². The van der Waals surface area contributed by atoms with E-state index in [-0.39, 0.29) is 18.0 Å². The van der Waals surface area contributed by atoms with Gasteiger partial charge in [-0.25, -0.2) is 4.39 Å². The van der Waals surface area contributed by atoms with Crippen LogP contribution in [0.1, 0.15) is 57.2 Å². The molecule has 0 aromatic heterocycles. The van der Waals surface area contributed by atoms with Crippen LogP contribution in [0.4, 0.5) is 10.1 Å². The Morgan fingerprint density at radius 1 is 0.946 bits per heavy atom. The van der Waals surface area contributed by atoms with E-state index in [1.165, 1.54) is 12.1 Å². The number of aryl methyl sites for hydroxylation is 1. The molecule has 0 fully saturated rings. The molecule has 0 bridgehead atoms. The number of halogens is 1. The maximum absolute atomic E-state index is 14.0. The number of methoxy groups -OCH3 is 1. The van der Waals surface area contributed by atoms with E-state index in [9.17, 15) is 4.39 Å². The Balaban J connectivity index is 1.77. The summed E-state index contributed by atoms with van der Waals surface area (Å²) in [5.41, 5.74) is 6.83. The predicted molar refractivity (Wildman–Crippen MR) is 147 cm³/mol. The number of hydrogen-bond donors (Lipinski definition) is 1. The summed E-state index contributed by atoms with van der Waals surface area (Å²) < 4.78 is 26.0. The van der Waals surface area contributed by atoms with E-state index in [2.05, 4.69) is 51.2 Å². The minimum absolute atomic E-state index is 0.176. The number of allylic oxidation sites excluding steroid dienone is 1. The molecule has 37 heavy (non-hydrogen) atoms. The van der Waals surface area contributed by atoms with Crippen LogP contribution in [0.3, 0.4) is 0 Å². The summed E-state index contributed by atoms with van der Waals surface area (Å²) in [4.78, 5) is 10.8. The van der Waals surface area contributed by atoms with Gasteiger partial charge in [0.2, 0.25) is 0 Å². The van der Waals surface area contributed by atoms with Crippen molar-refractivity contribution in [3.05, 3.63) is 77.1 Å². The number of nitrogens with one attached hydrogen (secondary N) is 1. The van der Waals surface area contributed by atoms with E-state index in [0.29, 0.717) is 23.9 Å². The zero-order valence-electron chi connectivity index (χ0n) is 22.5. The number of ether oxygens (including phenoxy) is 2. The molecule has 0 radical (unpaired) electrons. The summed E-state index contributed by atoms with van der Waals surface area (Å²) in [7, 11) is 1.64. The first-order chi connectivity index (χ1) is 17.7. The molecule has 0 amide bonds. The van der Waals surface area contributed by atoms with Crippen molar-refractivity contribution in [2.75, 3.05) is 19.0 Å². The molecular formula is C31H36FNO4. The van der Waals surface area contributed by atoms with Gasteiger partial charge in [-0.15, -0.1) is 0 Å². The van der Waals surface area contributed by atoms with Gasteiger partial charge in [-0.1, -0.05) is 31.6 Å². The fourth-order valence-electron chi connectivity index (χ4n) is 4.74. The van der Waals surface area contributed by atoms with Crippen LogP contribution in [0.2, 0.25) is 0 Å². The van der Waals surface area contributed by atoms with Gasteiger partial charge in [-0.3, -0.25) is 0 Å². The normalized spacial score (nSPS) is 13.9. The second-order valence-electron chi connectivity index (χ2n) is 10.0. The van der Waals surface area contributed by atoms with Crippen molar-refractivity contribution in [2.45, 2.75) is 59.6 Å². The van der Waals surface area contributed by atoms with Gasteiger partial charge in [0.25, 0.3) is 0 Å². The first-order valence-corrected chi connectivity index (χ1v) is 12.7. The zero-order chi connectivity index (χ0) is 26.6. The van der Waals surface area contributed by atoms with Gasteiger partial charge in [0.05, 0.1) is 19.3 Å². The van der Waals surface area contributed by atoms with E-state index < -0.39 is 0 Å². The number of anilines is 1. The summed E-state index contributed by atoms with van der Waals surface area (Å²) >= 11 is 0. The van der Waals surface area contributed by atoms with Gasteiger partial charge in [0, 0.05) is 34.5 Å². The quantitative estimate of drug-likeness (QED) is 0.171. The van der Waals surface area contributed by atoms with Crippen molar-refractivity contribution in [3.8, 4) is 28.4 Å². The van der Waals surface area contributed by atoms with Crippen molar-refractivity contribution in [1.29, 1.82) is 0 Å². The van der Waals surface area contributed by atoms with Crippen LogP contribution < -0.4 is 19.7 Å². The minimum atomic E-state index is -0.325. The topological polar surface area (TPSA) is 49.0 Å². The highest BCUT2D eigenvalue weighted by Gasteiger charge is 2.27. The highest BCUT2D eigenvalue weighted by atomic mass is 19.1. The lowest BCUT2D eigenvalue weighted by atomic mass is 9.85. The summed E-state index contributed by atoms with van der Waals surface area (Å²) in [5.74, 6) is 1.43. The van der Waals surface area contributed by atoms with Crippen LogP contribution in [-0.4, -0.2) is 19.3 Å². The molecule has 0 saturated carbocycles. The van der Waals surface area contributed by atoms with Gasteiger partial charge < -0.3 is 19.7 Å². The number of benzene rings is 3. The Kier molecular flexibility index (Phi) is 8.08. The van der Waals surface area contributed by atoms with Crippen molar-refractivity contribution in [3.63, 3.8) is 0 Å². The van der Waals surface area contributed by atoms with Gasteiger partial charge in [-0.05, 0) is 75.1 Å². The van der Waals surface area contributed by atoms with Gasteiger partial charge in [0.15, 0.2) is 5.75 Å². The van der Waals surface area contributed by atoms with Gasteiger partial charge in [0.1, 0.15) is 23.9 Å². The van der Waals surface area contributed by atoms with E-state index in [1.807, 2.05) is 25.1 Å². The maximum Gasteiger partial charge on any atom is 0.169 e. The van der Waals surface area contributed by atoms with E-state index in [0.717, 1.165) is 51.9 Å². The molecule has 3 aromatic rings. The molecule has 0 atom stereocenters. The van der Waals surface area contributed by atoms with Crippen molar-refractivity contribution in [2.24, 2.45) is 0 Å². The predicted octanol–water partition coefficient (Wildman–Crippen LogP) is 8.11. The van der Waals surface area contributed by atoms with Crippen molar-refractivity contribution >= 4 is 11.3 Å². The van der Waals surface area contributed by atoms with Crippen LogP contribution in [0.25, 0.3) is 16.7 Å². The third-order valence-electron chi connectivity index (χ3n) is 6.46. The lowest BCUT2D eigenvalue weighted by molar-refractivity contribution is -0.207. The molecule has 1 N–H and O–H groups in total. The minimum Gasteiger partial charge on any atom is -0.496 e. The molecule has 0 saturated heterocycles. The summed E-state index contributed by atoms with van der Waals surface area (Å²) in [6, 6.07) is 14.4. The molecule has 1 heterocycles. The van der Waals surface area contributed by atoms with E-state index in [1.54, 1.807) is 13.2 Å². The van der Waals surface area contributed by atoms with Gasteiger partial charge >= 0.3 is 0 Å². The Morgan fingerprint density at radius 3 is 2.49 bits per heavy atom. The Hall–Kier alpha value is -3.51. The fraction of sp³-hybridized carbons (Fsp3) is 0.355. The molecule has 0 aliphatic carbocycles. The van der Waals surface area contributed by atoms with E-state index in [4.69, 9.17) is 19.2 Å². The summed E-state index contributed by atoms with van der Waals surface area (Å²) in [5, 5.41) is 3.62. The van der Waals surface area contributed by atoms with Crippen molar-refractivity contribution < 1.29 is 23.6 Å². The lowest BCUT2D eigenvalue weighted by Crippen LogP contribution is -2.32. The molecule has 1 aliphatic rings. The molecule has 0 unspecified atom stereocenters. The smallest absolute Gasteiger partial charge is 0.169 e. The first-order valence-electron chi connectivity index (χ1n) is 12.7. The Bertz CT molecular complexity index is 1300. The average molecular weight is 506 g/mol. The first kappa shape index (κ1) is 26.6. The Labute approximate surface area is 219 Å². The van der Waals surface area contributed by atoms with Crippen LogP contribution in [-0.2, 0) is 11.5 Å². The molecule has 3 aromatic carbocycles. The molecule has 6 heteroatoms. The molecule has 196 valence electrons. The standard InChI is InChI=1S/C31H36FNO4/c1-7-8-15-36-37-23-11-12-25(29(17-23)34-6)24-13-14-27-30(21(3)18-31(4,5)33-27)26(24)19-35-28-16-22(32)10-9-20(28)2/h9-14,16-18,33H,7-8,15,19H2,1-6H3. The Morgan fingerprint density at radius 2 is 1.73 bits per heavy atom. The molecule has 4 rings (SSSR count).